The predicted octanol–water partition coefficient (Wildman–Crippen LogP) is 8.30. The second-order valence-electron chi connectivity index (χ2n) is 10.1. The molecule has 1 radical (unpaired) electrons. The zero-order valence-electron chi connectivity index (χ0n) is 20.9. The molecule has 2 aromatic heterocycles. The smallest absolute Gasteiger partial charge is 0.137 e. The van der Waals surface area contributed by atoms with E-state index in [9.17, 15) is 0 Å². The topological polar surface area (TPSA) is 26.3 Å². The van der Waals surface area contributed by atoms with Crippen LogP contribution in [0.4, 0.5) is 0 Å². The third-order valence-electron chi connectivity index (χ3n) is 5.46. The standard InChI is InChI=1S/C23H31O2P2.C5H6.Fe/c1-17(27(22(2,3)4)23(5,6)7)18-11-8-12-19(18)26(20-13-9-15-24-20)21-14-10-16-25-21;1-2-4-5-3-1;/h8-17H,1-7H3;1-4H,5H2;/t17-;;/m0../s1. The van der Waals surface area contributed by atoms with Gasteiger partial charge >= 0.3 is 0 Å². The van der Waals surface area contributed by atoms with Crippen LogP contribution in [0.25, 0.3) is 0 Å². The van der Waals surface area contributed by atoms with Crippen LogP contribution in [-0.4, -0.2) is 16.0 Å². The molecule has 33 heavy (non-hydrogen) atoms. The Morgan fingerprint density at radius 1 is 0.818 bits per heavy atom. The SMILES string of the molecule is C1=CCC=C1.C[C@@H]([C]1C=CC=C1P(c1ccco1)c1ccco1)P(C(C)(C)C)C(C)(C)C.[Fe]. The summed E-state index contributed by atoms with van der Waals surface area (Å²) in [6, 6.07) is 8.09. The van der Waals surface area contributed by atoms with Gasteiger partial charge in [-0.15, -0.1) is 0 Å². The third kappa shape index (κ3) is 7.19. The van der Waals surface area contributed by atoms with Crippen molar-refractivity contribution in [3.63, 3.8) is 0 Å². The van der Waals surface area contributed by atoms with Gasteiger partial charge in [-0.2, -0.15) is 0 Å². The first-order chi connectivity index (χ1) is 15.1. The van der Waals surface area contributed by atoms with Crippen molar-refractivity contribution < 1.29 is 25.9 Å². The fourth-order valence-electron chi connectivity index (χ4n) is 4.82. The molecule has 0 bridgehead atoms. The molecule has 0 unspecified atom stereocenters. The minimum absolute atomic E-state index is 0. The summed E-state index contributed by atoms with van der Waals surface area (Å²) in [5.41, 5.74) is 2.49. The second-order valence-corrected chi connectivity index (χ2v) is 16.3. The Balaban J connectivity index is 0.000000568. The van der Waals surface area contributed by atoms with E-state index in [0.717, 1.165) is 17.4 Å². The van der Waals surface area contributed by atoms with Crippen molar-refractivity contribution in [2.24, 2.45) is 0 Å². The number of hydrogen-bond donors (Lipinski definition) is 0. The molecular formula is C28H37FeO2P2. The molecule has 2 aliphatic rings. The molecule has 0 saturated heterocycles. The third-order valence-corrected chi connectivity index (χ3v) is 11.7. The van der Waals surface area contributed by atoms with E-state index in [1.807, 2.05) is 12.1 Å². The normalized spacial score (nSPS) is 16.7. The predicted molar refractivity (Wildman–Crippen MR) is 143 cm³/mol. The molecule has 0 fully saturated rings. The van der Waals surface area contributed by atoms with Gasteiger partial charge in [-0.1, -0.05) is 98.9 Å². The fourth-order valence-corrected chi connectivity index (χ4v) is 12.0. The van der Waals surface area contributed by atoms with Crippen LogP contribution in [0.5, 0.6) is 0 Å². The van der Waals surface area contributed by atoms with Crippen molar-refractivity contribution in [3.05, 3.63) is 90.6 Å². The van der Waals surface area contributed by atoms with E-state index in [-0.39, 0.29) is 35.3 Å². The Morgan fingerprint density at radius 2 is 1.33 bits per heavy atom. The summed E-state index contributed by atoms with van der Waals surface area (Å²) in [4.78, 5) is 0. The maximum Gasteiger partial charge on any atom is 0.137 e. The van der Waals surface area contributed by atoms with Crippen LogP contribution in [0, 0.1) is 5.92 Å². The molecule has 0 spiro atoms. The summed E-state index contributed by atoms with van der Waals surface area (Å²) in [7, 11) is -1.07. The van der Waals surface area contributed by atoms with Crippen LogP contribution in [0.1, 0.15) is 54.9 Å². The Hall–Kier alpha value is -1.10. The molecule has 2 nitrogen and oxygen atoms in total. The molecule has 2 aliphatic carbocycles. The molecule has 0 amide bonds. The molecule has 1 atom stereocenters. The van der Waals surface area contributed by atoms with Crippen LogP contribution < -0.4 is 11.0 Å². The molecule has 5 heteroatoms. The van der Waals surface area contributed by atoms with Gasteiger partial charge < -0.3 is 8.83 Å². The van der Waals surface area contributed by atoms with Gasteiger partial charge in [0.1, 0.15) is 11.0 Å². The molecule has 2 aromatic rings. The maximum atomic E-state index is 5.85. The first-order valence-electron chi connectivity index (χ1n) is 11.3. The number of hydrogen-bond acceptors (Lipinski definition) is 2. The summed E-state index contributed by atoms with van der Waals surface area (Å²) < 4.78 is 11.7. The second kappa shape index (κ2) is 12.0. The van der Waals surface area contributed by atoms with Gasteiger partial charge in [0.15, 0.2) is 0 Å². The fraction of sp³-hybridized carbons (Fsp3) is 0.393. The molecular weight excluding hydrogens is 486 g/mol. The average molecular weight is 523 g/mol. The molecule has 179 valence electrons. The quantitative estimate of drug-likeness (QED) is 0.291. The van der Waals surface area contributed by atoms with Gasteiger partial charge in [0, 0.05) is 23.0 Å². The number of furan rings is 2. The van der Waals surface area contributed by atoms with Crippen LogP contribution >= 0.6 is 15.8 Å². The van der Waals surface area contributed by atoms with E-state index in [1.165, 1.54) is 11.2 Å². The van der Waals surface area contributed by atoms with E-state index in [1.54, 1.807) is 12.5 Å². The zero-order valence-corrected chi connectivity index (χ0v) is 23.7. The molecule has 2 heterocycles. The maximum absolute atomic E-state index is 5.85. The van der Waals surface area contributed by atoms with E-state index in [0.29, 0.717) is 5.66 Å². The van der Waals surface area contributed by atoms with Gasteiger partial charge in [-0.05, 0) is 52.0 Å². The van der Waals surface area contributed by atoms with Crippen LogP contribution in [-0.2, 0) is 17.1 Å². The molecule has 4 rings (SSSR count). The van der Waals surface area contributed by atoms with E-state index < -0.39 is 7.92 Å². The zero-order chi connectivity index (χ0) is 23.4. The van der Waals surface area contributed by atoms with Crippen LogP contribution in [0.2, 0.25) is 0 Å². The molecule has 0 N–H and O–H groups in total. The summed E-state index contributed by atoms with van der Waals surface area (Å²) in [5.74, 6) is 1.45. The van der Waals surface area contributed by atoms with Crippen molar-refractivity contribution >= 4 is 26.8 Å². The summed E-state index contributed by atoms with van der Waals surface area (Å²) in [6.45, 7) is 16.8. The minimum atomic E-state index is -0.808. The minimum Gasteiger partial charge on any atom is -0.464 e. The molecule has 0 aromatic carbocycles. The Labute approximate surface area is 213 Å². The first kappa shape index (κ1) is 28.1. The molecule has 0 saturated carbocycles. The van der Waals surface area contributed by atoms with Crippen molar-refractivity contribution in [3.8, 4) is 0 Å². The van der Waals surface area contributed by atoms with Crippen LogP contribution in [0.3, 0.4) is 0 Å². The summed E-state index contributed by atoms with van der Waals surface area (Å²) in [5, 5.41) is 1.92. The van der Waals surface area contributed by atoms with Crippen molar-refractivity contribution in [1.82, 2.24) is 0 Å². The number of allylic oxidation sites excluding steroid dienone is 8. The van der Waals surface area contributed by atoms with Gasteiger partial charge in [-0.3, -0.25) is 0 Å². The van der Waals surface area contributed by atoms with Gasteiger partial charge in [0.25, 0.3) is 0 Å². The first-order valence-corrected chi connectivity index (χ1v) is 14.1. The summed E-state index contributed by atoms with van der Waals surface area (Å²) in [6.07, 6.45) is 19.8. The Bertz CT molecular complexity index is 896. The Kier molecular flexibility index (Phi) is 10.3. The average Bonchev–Trinajstić information content (AvgIpc) is 3.48. The van der Waals surface area contributed by atoms with Gasteiger partial charge in [0.05, 0.1) is 20.4 Å². The van der Waals surface area contributed by atoms with E-state index in [2.05, 4.69) is 103 Å². The number of rotatable bonds is 5. The monoisotopic (exact) mass is 523 g/mol. The van der Waals surface area contributed by atoms with E-state index >= 15 is 0 Å². The van der Waals surface area contributed by atoms with Gasteiger partial charge in [-0.25, -0.2) is 0 Å². The summed E-state index contributed by atoms with van der Waals surface area (Å²) >= 11 is 0. The van der Waals surface area contributed by atoms with Crippen molar-refractivity contribution in [2.45, 2.75) is 70.9 Å². The van der Waals surface area contributed by atoms with Gasteiger partial charge in [0.2, 0.25) is 0 Å². The Morgan fingerprint density at radius 3 is 1.70 bits per heavy atom. The van der Waals surface area contributed by atoms with E-state index in [4.69, 9.17) is 8.83 Å². The van der Waals surface area contributed by atoms with Crippen LogP contribution in [0.15, 0.2) is 93.5 Å². The van der Waals surface area contributed by atoms with Crippen molar-refractivity contribution in [1.29, 1.82) is 0 Å². The largest absolute Gasteiger partial charge is 0.464 e. The molecule has 0 aliphatic heterocycles. The van der Waals surface area contributed by atoms with Crippen molar-refractivity contribution in [2.75, 3.05) is 0 Å².